The third-order valence-corrected chi connectivity index (χ3v) is 7.88. The molecule has 0 fully saturated rings. The fraction of sp³-hybridized carbons (Fsp3) is 0.0263. The fourth-order valence-electron chi connectivity index (χ4n) is 5.89. The topological polar surface area (TPSA) is 34.2 Å². The molecule has 0 aliphatic rings. The van der Waals surface area contributed by atoms with Gasteiger partial charge in [0.1, 0.15) is 5.52 Å². The molecule has 0 aliphatic heterocycles. The van der Waals surface area contributed by atoms with E-state index in [-0.39, 0.29) is 0 Å². The highest BCUT2D eigenvalue weighted by molar-refractivity contribution is 6.09. The Morgan fingerprint density at radius 1 is 0.571 bits per heavy atom. The molecule has 0 saturated carbocycles. The molecule has 42 heavy (non-hydrogen) atoms. The van der Waals surface area contributed by atoms with Gasteiger partial charge >= 0.3 is 0 Å². The Morgan fingerprint density at radius 3 is 1.81 bits per heavy atom. The van der Waals surface area contributed by atoms with Gasteiger partial charge in [0.15, 0.2) is 5.58 Å². The molecular weight excluding hydrogens is 514 g/mol. The van der Waals surface area contributed by atoms with Crippen molar-refractivity contribution in [2.45, 2.75) is 6.92 Å². The minimum atomic E-state index is 0.629. The van der Waals surface area contributed by atoms with Crippen molar-refractivity contribution >= 4 is 50.0 Å². The van der Waals surface area contributed by atoms with E-state index in [1.807, 2.05) is 18.2 Å². The standard InChI is InChI=1S/C38H27N3O/c1-26-15-24-37-34(25-26)39-38(42-37)27-16-18-29(19-17-27)40(28-9-3-2-4-10-28)30-20-22-31(23-21-30)41-35-13-7-5-11-32(35)33-12-6-8-14-36(33)41/h2-25H,1H3. The van der Waals surface area contributed by atoms with Crippen LogP contribution in [0.2, 0.25) is 0 Å². The highest BCUT2D eigenvalue weighted by Gasteiger charge is 2.16. The highest BCUT2D eigenvalue weighted by Crippen LogP contribution is 2.37. The van der Waals surface area contributed by atoms with Crippen molar-refractivity contribution in [3.8, 4) is 17.1 Å². The average molecular weight is 542 g/mol. The number of nitrogens with zero attached hydrogens (tertiary/aromatic N) is 3. The SMILES string of the molecule is Cc1ccc2oc(-c3ccc(N(c4ccccc4)c4ccc(-n5c6ccccc6c6ccccc65)cc4)cc3)nc2c1. The van der Waals surface area contributed by atoms with E-state index in [0.29, 0.717) is 5.89 Å². The van der Waals surface area contributed by atoms with Crippen molar-refractivity contribution in [2.24, 2.45) is 0 Å². The van der Waals surface area contributed by atoms with Crippen LogP contribution in [0.3, 0.4) is 0 Å². The Kier molecular flexibility index (Phi) is 5.64. The lowest BCUT2D eigenvalue weighted by atomic mass is 10.1. The molecule has 0 bridgehead atoms. The third kappa shape index (κ3) is 4.04. The van der Waals surface area contributed by atoms with Crippen LogP contribution in [0.5, 0.6) is 0 Å². The van der Waals surface area contributed by atoms with Crippen LogP contribution in [0.4, 0.5) is 17.1 Å². The first kappa shape index (κ1) is 24.2. The van der Waals surface area contributed by atoms with E-state index in [0.717, 1.165) is 39.4 Å². The first-order valence-corrected chi connectivity index (χ1v) is 14.1. The number of benzene rings is 6. The number of hydrogen-bond acceptors (Lipinski definition) is 3. The largest absolute Gasteiger partial charge is 0.436 e. The monoisotopic (exact) mass is 541 g/mol. The Bertz CT molecular complexity index is 2140. The van der Waals surface area contributed by atoms with Gasteiger partial charge in [-0.25, -0.2) is 4.98 Å². The van der Waals surface area contributed by atoms with E-state index in [1.165, 1.54) is 27.4 Å². The van der Waals surface area contributed by atoms with Crippen LogP contribution in [0.15, 0.2) is 150 Å². The van der Waals surface area contributed by atoms with Crippen molar-refractivity contribution < 1.29 is 4.42 Å². The summed E-state index contributed by atoms with van der Waals surface area (Å²) in [6.07, 6.45) is 0. The maximum Gasteiger partial charge on any atom is 0.227 e. The Morgan fingerprint density at radius 2 is 1.14 bits per heavy atom. The number of anilines is 3. The first-order chi connectivity index (χ1) is 20.7. The zero-order valence-corrected chi connectivity index (χ0v) is 23.1. The molecule has 4 nitrogen and oxygen atoms in total. The summed E-state index contributed by atoms with van der Waals surface area (Å²) in [6, 6.07) is 51.0. The molecule has 0 aliphatic carbocycles. The highest BCUT2D eigenvalue weighted by atomic mass is 16.3. The zero-order valence-electron chi connectivity index (χ0n) is 23.1. The molecule has 0 radical (unpaired) electrons. The maximum atomic E-state index is 6.06. The second-order valence-corrected chi connectivity index (χ2v) is 10.6. The first-order valence-electron chi connectivity index (χ1n) is 14.1. The summed E-state index contributed by atoms with van der Waals surface area (Å²) < 4.78 is 8.41. The minimum absolute atomic E-state index is 0.629. The van der Waals surface area contributed by atoms with Crippen LogP contribution in [-0.4, -0.2) is 9.55 Å². The van der Waals surface area contributed by atoms with Gasteiger partial charge < -0.3 is 13.9 Å². The smallest absolute Gasteiger partial charge is 0.227 e. The fourth-order valence-corrected chi connectivity index (χ4v) is 5.89. The van der Waals surface area contributed by atoms with Gasteiger partial charge in [-0.15, -0.1) is 0 Å². The molecule has 6 aromatic carbocycles. The number of aromatic nitrogens is 2. The maximum absolute atomic E-state index is 6.06. The summed E-state index contributed by atoms with van der Waals surface area (Å²) in [7, 11) is 0. The van der Waals surface area contributed by atoms with Crippen LogP contribution < -0.4 is 4.90 Å². The molecule has 0 saturated heterocycles. The summed E-state index contributed by atoms with van der Waals surface area (Å²) >= 11 is 0. The quantitative estimate of drug-likeness (QED) is 0.217. The number of fused-ring (bicyclic) bond motifs is 4. The van der Waals surface area contributed by atoms with Crippen molar-refractivity contribution in [1.29, 1.82) is 0 Å². The second-order valence-electron chi connectivity index (χ2n) is 10.6. The second kappa shape index (κ2) is 9.79. The summed E-state index contributed by atoms with van der Waals surface area (Å²) in [5.41, 5.74) is 10.6. The molecule has 0 atom stereocenters. The third-order valence-electron chi connectivity index (χ3n) is 7.88. The molecule has 0 N–H and O–H groups in total. The summed E-state index contributed by atoms with van der Waals surface area (Å²) in [5, 5.41) is 2.52. The average Bonchev–Trinajstić information content (AvgIpc) is 3.62. The van der Waals surface area contributed by atoms with Gasteiger partial charge in [-0.05, 0) is 97.4 Å². The zero-order chi connectivity index (χ0) is 28.0. The molecule has 0 amide bonds. The Hall–Kier alpha value is -5.61. The summed E-state index contributed by atoms with van der Waals surface area (Å²) in [6.45, 7) is 2.07. The number of oxazole rings is 1. The van der Waals surface area contributed by atoms with E-state index in [1.54, 1.807) is 0 Å². The van der Waals surface area contributed by atoms with Gasteiger partial charge in [0.2, 0.25) is 5.89 Å². The molecule has 0 unspecified atom stereocenters. The molecule has 0 spiro atoms. The lowest BCUT2D eigenvalue weighted by Gasteiger charge is -2.26. The van der Waals surface area contributed by atoms with E-state index in [9.17, 15) is 0 Å². The Labute approximate surface area is 243 Å². The number of hydrogen-bond donors (Lipinski definition) is 0. The predicted octanol–water partition coefficient (Wildman–Crippen LogP) is 10.4. The molecule has 8 rings (SSSR count). The van der Waals surface area contributed by atoms with Crippen molar-refractivity contribution in [3.63, 3.8) is 0 Å². The van der Waals surface area contributed by atoms with Crippen LogP contribution in [0, 0.1) is 6.92 Å². The Balaban J connectivity index is 1.19. The van der Waals surface area contributed by atoms with E-state index in [2.05, 4.69) is 144 Å². The summed E-state index contributed by atoms with van der Waals surface area (Å²) in [4.78, 5) is 7.00. The number of aryl methyl sites for hydroxylation is 1. The lowest BCUT2D eigenvalue weighted by molar-refractivity contribution is 0.620. The van der Waals surface area contributed by atoms with E-state index < -0.39 is 0 Å². The number of rotatable bonds is 5. The van der Waals surface area contributed by atoms with Gasteiger partial charge in [0.05, 0.1) is 11.0 Å². The molecular formula is C38H27N3O. The van der Waals surface area contributed by atoms with E-state index >= 15 is 0 Å². The summed E-state index contributed by atoms with van der Waals surface area (Å²) in [5.74, 6) is 0.629. The van der Waals surface area contributed by atoms with Crippen LogP contribution in [0.1, 0.15) is 5.56 Å². The van der Waals surface area contributed by atoms with Crippen molar-refractivity contribution in [2.75, 3.05) is 4.90 Å². The van der Waals surface area contributed by atoms with Crippen LogP contribution in [0.25, 0.3) is 50.0 Å². The van der Waals surface area contributed by atoms with Gasteiger partial charge in [-0.2, -0.15) is 0 Å². The lowest BCUT2D eigenvalue weighted by Crippen LogP contribution is -2.10. The molecule has 8 aromatic rings. The molecule has 2 aromatic heterocycles. The normalized spacial score (nSPS) is 11.5. The molecule has 200 valence electrons. The van der Waals surface area contributed by atoms with Gasteiger partial charge in [0.25, 0.3) is 0 Å². The molecule has 2 heterocycles. The minimum Gasteiger partial charge on any atom is -0.436 e. The van der Waals surface area contributed by atoms with Crippen molar-refractivity contribution in [3.05, 3.63) is 151 Å². The van der Waals surface area contributed by atoms with Gasteiger partial charge in [0, 0.05) is 39.1 Å². The molecule has 4 heteroatoms. The number of para-hydroxylation sites is 3. The van der Waals surface area contributed by atoms with Gasteiger partial charge in [-0.1, -0.05) is 60.7 Å². The van der Waals surface area contributed by atoms with Crippen LogP contribution >= 0.6 is 0 Å². The van der Waals surface area contributed by atoms with Crippen molar-refractivity contribution in [1.82, 2.24) is 9.55 Å². The predicted molar refractivity (Wildman–Crippen MR) is 173 cm³/mol. The van der Waals surface area contributed by atoms with Crippen LogP contribution in [-0.2, 0) is 0 Å². The van der Waals surface area contributed by atoms with Gasteiger partial charge in [-0.3, -0.25) is 0 Å². The van der Waals surface area contributed by atoms with E-state index in [4.69, 9.17) is 9.40 Å².